The van der Waals surface area contributed by atoms with Gasteiger partial charge in [0.1, 0.15) is 12.2 Å². The molecule has 1 aliphatic rings. The standard InChI is InChI=1S/C16H13F13O5/c1-10(7-34-10)6-33-9(31)3-2-8(30)32-5-4-11(17,18)12(19,20)13(21,22)14(23,24)15(25,26)16(27,28)29/h2-3H,4-7H2,1H3/b3-2+. The molecule has 1 atom stereocenters. The minimum atomic E-state index is -8.01. The molecule has 0 aromatic rings. The first kappa shape index (κ1) is 29.8. The second-order valence-electron chi connectivity index (χ2n) is 7.10. The van der Waals surface area contributed by atoms with Gasteiger partial charge < -0.3 is 14.2 Å². The van der Waals surface area contributed by atoms with Gasteiger partial charge in [-0.1, -0.05) is 0 Å². The summed E-state index contributed by atoms with van der Waals surface area (Å²) in [6, 6.07) is 0. The van der Waals surface area contributed by atoms with Crippen LogP contribution in [0.15, 0.2) is 12.2 Å². The number of carbonyl (C=O) groups is 2. The molecule has 1 unspecified atom stereocenters. The minimum absolute atomic E-state index is 0.210. The van der Waals surface area contributed by atoms with Crippen LogP contribution in [0.3, 0.4) is 0 Å². The van der Waals surface area contributed by atoms with Crippen molar-refractivity contribution in [3.05, 3.63) is 12.2 Å². The number of hydrogen-bond acceptors (Lipinski definition) is 5. The highest BCUT2D eigenvalue weighted by molar-refractivity contribution is 5.91. The zero-order valence-corrected chi connectivity index (χ0v) is 16.4. The minimum Gasteiger partial charge on any atom is -0.462 e. The van der Waals surface area contributed by atoms with Crippen molar-refractivity contribution < 1.29 is 80.9 Å². The molecular formula is C16H13F13O5. The third-order valence-corrected chi connectivity index (χ3v) is 4.17. The topological polar surface area (TPSA) is 65.1 Å². The Hall–Kier alpha value is -2.27. The number of halogens is 13. The van der Waals surface area contributed by atoms with Crippen LogP contribution in [0, 0.1) is 0 Å². The SMILES string of the molecule is CC1(COC(=O)/C=C/C(=O)OCCC(F)(F)C(F)(F)C(F)(F)C(F)(F)C(F)(F)C(F)(F)F)CO1. The van der Waals surface area contributed by atoms with Gasteiger partial charge in [0.15, 0.2) is 0 Å². The van der Waals surface area contributed by atoms with E-state index in [4.69, 9.17) is 4.74 Å². The van der Waals surface area contributed by atoms with E-state index in [0.717, 1.165) is 0 Å². The van der Waals surface area contributed by atoms with E-state index in [2.05, 4.69) is 9.47 Å². The van der Waals surface area contributed by atoms with Crippen LogP contribution in [-0.4, -0.2) is 73.1 Å². The fourth-order valence-electron chi connectivity index (χ4n) is 1.90. The molecule has 0 bridgehead atoms. The Morgan fingerprint density at radius 3 is 1.59 bits per heavy atom. The predicted molar refractivity (Wildman–Crippen MR) is 80.8 cm³/mol. The van der Waals surface area contributed by atoms with E-state index in [-0.39, 0.29) is 19.3 Å². The van der Waals surface area contributed by atoms with Gasteiger partial charge >= 0.3 is 47.7 Å². The lowest BCUT2D eigenvalue weighted by molar-refractivity contribution is -0.440. The van der Waals surface area contributed by atoms with Crippen LogP contribution < -0.4 is 0 Å². The van der Waals surface area contributed by atoms with E-state index in [9.17, 15) is 66.7 Å². The van der Waals surface area contributed by atoms with Crippen molar-refractivity contribution in [2.24, 2.45) is 0 Å². The monoisotopic (exact) mass is 532 g/mol. The molecule has 0 aliphatic carbocycles. The van der Waals surface area contributed by atoms with E-state index < -0.39 is 66.4 Å². The Labute approximate surface area is 180 Å². The van der Waals surface area contributed by atoms with Gasteiger partial charge in [0.05, 0.1) is 19.6 Å². The first-order valence-electron chi connectivity index (χ1n) is 8.56. The first-order valence-corrected chi connectivity index (χ1v) is 8.56. The van der Waals surface area contributed by atoms with Gasteiger partial charge in [0.2, 0.25) is 0 Å². The van der Waals surface area contributed by atoms with Crippen LogP contribution in [0.5, 0.6) is 0 Å². The maximum atomic E-state index is 13.5. The van der Waals surface area contributed by atoms with Crippen LogP contribution in [0.4, 0.5) is 57.1 Å². The molecule has 1 heterocycles. The molecule has 0 amide bonds. The highest BCUT2D eigenvalue weighted by Crippen LogP contribution is 2.60. The Bertz CT molecular complexity index is 800. The number of rotatable bonds is 11. The van der Waals surface area contributed by atoms with Gasteiger partial charge in [-0.25, -0.2) is 9.59 Å². The lowest BCUT2D eigenvalue weighted by atomic mass is 9.93. The number of epoxide rings is 1. The van der Waals surface area contributed by atoms with E-state index in [1.54, 1.807) is 0 Å². The molecule has 5 nitrogen and oxygen atoms in total. The van der Waals surface area contributed by atoms with Crippen molar-refractivity contribution in [3.63, 3.8) is 0 Å². The molecule has 18 heteroatoms. The van der Waals surface area contributed by atoms with Crippen molar-refractivity contribution >= 4 is 11.9 Å². The third kappa shape index (κ3) is 5.68. The summed E-state index contributed by atoms with van der Waals surface area (Å²) in [5.74, 6) is -40.5. The Balaban J connectivity index is 2.81. The van der Waals surface area contributed by atoms with E-state index in [1.165, 1.54) is 6.92 Å². The van der Waals surface area contributed by atoms with Crippen LogP contribution in [0.25, 0.3) is 0 Å². The summed E-state index contributed by atoms with van der Waals surface area (Å²) in [5.41, 5.74) is -0.746. The fourth-order valence-corrected chi connectivity index (χ4v) is 1.90. The second-order valence-corrected chi connectivity index (χ2v) is 7.10. The van der Waals surface area contributed by atoms with E-state index in [1.807, 2.05) is 0 Å². The molecule has 198 valence electrons. The third-order valence-electron chi connectivity index (χ3n) is 4.17. The Kier molecular flexibility index (Phi) is 7.94. The summed E-state index contributed by atoms with van der Waals surface area (Å²) < 4.78 is 181. The maximum Gasteiger partial charge on any atom is 0.460 e. The summed E-state index contributed by atoms with van der Waals surface area (Å²) in [6.07, 6.45) is -9.63. The summed E-state index contributed by atoms with van der Waals surface area (Å²) in [7, 11) is 0. The van der Waals surface area contributed by atoms with Crippen LogP contribution in [-0.2, 0) is 23.8 Å². The first-order chi connectivity index (χ1) is 15.0. The Morgan fingerprint density at radius 1 is 0.765 bits per heavy atom. The molecule has 0 radical (unpaired) electrons. The molecule has 0 N–H and O–H groups in total. The average Bonchev–Trinajstić information content (AvgIpc) is 3.40. The van der Waals surface area contributed by atoms with Crippen molar-refractivity contribution in [1.82, 2.24) is 0 Å². The van der Waals surface area contributed by atoms with Crippen LogP contribution in [0.1, 0.15) is 13.3 Å². The molecule has 1 saturated heterocycles. The maximum absolute atomic E-state index is 13.5. The normalized spacial score (nSPS) is 20.4. The largest absolute Gasteiger partial charge is 0.462 e. The highest BCUT2D eigenvalue weighted by Gasteiger charge is 2.90. The van der Waals surface area contributed by atoms with Gasteiger partial charge in [-0.05, 0) is 6.92 Å². The quantitative estimate of drug-likeness (QED) is 0.169. The molecule has 1 aliphatic heterocycles. The number of hydrogen-bond donors (Lipinski definition) is 0. The van der Waals surface area contributed by atoms with Crippen LogP contribution >= 0.6 is 0 Å². The summed E-state index contributed by atoms with van der Waals surface area (Å²) >= 11 is 0. The van der Waals surface area contributed by atoms with Gasteiger partial charge in [-0.15, -0.1) is 0 Å². The summed E-state index contributed by atoms with van der Waals surface area (Å²) in [5, 5.41) is 0. The molecule has 0 aromatic heterocycles. The van der Waals surface area contributed by atoms with Gasteiger partial charge in [-0.2, -0.15) is 57.1 Å². The summed E-state index contributed by atoms with van der Waals surface area (Å²) in [4.78, 5) is 22.5. The average molecular weight is 532 g/mol. The molecule has 0 saturated carbocycles. The van der Waals surface area contributed by atoms with Gasteiger partial charge in [0, 0.05) is 12.2 Å². The zero-order valence-electron chi connectivity index (χ0n) is 16.4. The summed E-state index contributed by atoms with van der Waals surface area (Å²) in [6.45, 7) is -0.385. The van der Waals surface area contributed by atoms with E-state index in [0.29, 0.717) is 6.08 Å². The molecule has 34 heavy (non-hydrogen) atoms. The second kappa shape index (κ2) is 9.07. The van der Waals surface area contributed by atoms with Crippen molar-refractivity contribution in [2.45, 2.75) is 54.7 Å². The van der Waals surface area contributed by atoms with Crippen LogP contribution in [0.2, 0.25) is 0 Å². The molecule has 0 aromatic carbocycles. The lowest BCUT2D eigenvalue weighted by Crippen LogP contribution is -2.70. The fraction of sp³-hybridized carbons (Fsp3) is 0.750. The van der Waals surface area contributed by atoms with E-state index >= 15 is 0 Å². The molecule has 1 rings (SSSR count). The smallest absolute Gasteiger partial charge is 0.460 e. The molecule has 0 spiro atoms. The molecule has 1 fully saturated rings. The Morgan fingerprint density at radius 2 is 1.18 bits per heavy atom. The van der Waals surface area contributed by atoms with Gasteiger partial charge in [-0.3, -0.25) is 0 Å². The van der Waals surface area contributed by atoms with Crippen molar-refractivity contribution in [3.8, 4) is 0 Å². The van der Waals surface area contributed by atoms with Crippen molar-refractivity contribution in [1.29, 1.82) is 0 Å². The van der Waals surface area contributed by atoms with Crippen molar-refractivity contribution in [2.75, 3.05) is 19.8 Å². The zero-order chi connectivity index (χ0) is 27.0. The number of ether oxygens (including phenoxy) is 3. The number of carbonyl (C=O) groups excluding carboxylic acids is 2. The predicted octanol–water partition coefficient (Wildman–Crippen LogP) is 4.55. The lowest BCUT2D eigenvalue weighted by Gasteiger charge is -2.39. The molecular weight excluding hydrogens is 519 g/mol. The highest BCUT2D eigenvalue weighted by atomic mass is 19.4. The van der Waals surface area contributed by atoms with Gasteiger partial charge in [0.25, 0.3) is 0 Å². The number of esters is 2. The number of alkyl halides is 13.